The van der Waals surface area contributed by atoms with E-state index in [0.29, 0.717) is 0 Å². The first-order valence-corrected chi connectivity index (χ1v) is 1.04. The number of carbonyl (C=O) groups is 1. The van der Waals surface area contributed by atoms with Crippen LogP contribution in [0.15, 0.2) is 0 Å². The van der Waals surface area contributed by atoms with Crippen LogP contribution in [0.1, 0.15) is 0 Å². The van der Waals surface area contributed by atoms with Crippen LogP contribution in [0.5, 0.6) is 0 Å². The molecule has 0 amide bonds. The summed E-state index contributed by atoms with van der Waals surface area (Å²) in [4.78, 5) is 9.15. The van der Waals surface area contributed by atoms with Gasteiger partial charge in [0.2, 0.25) is 0 Å². The van der Waals surface area contributed by atoms with Gasteiger partial charge >= 0.3 is 6.16 Å². The van der Waals surface area contributed by atoms with E-state index in [1.807, 2.05) is 0 Å². The number of ether oxygens (including phenoxy) is 1. The van der Waals surface area contributed by atoms with E-state index in [0.717, 1.165) is 7.11 Å². The molecular formula is C2H4NaO3. The zero-order chi connectivity index (χ0) is 4.28. The Kier molecular flexibility index (Phi) is 8.39. The smallest absolute Gasteiger partial charge is 0.450 e. The molecule has 0 saturated carbocycles. The van der Waals surface area contributed by atoms with E-state index in [1.54, 1.807) is 0 Å². The second-order valence-corrected chi connectivity index (χ2v) is 0.470. The monoisotopic (exact) mass is 99.0 g/mol. The van der Waals surface area contributed by atoms with Crippen LogP contribution in [0.4, 0.5) is 4.79 Å². The molecule has 0 aliphatic rings. The molecule has 0 aliphatic carbocycles. The van der Waals surface area contributed by atoms with Crippen molar-refractivity contribution in [3.63, 3.8) is 0 Å². The van der Waals surface area contributed by atoms with Crippen molar-refractivity contribution >= 4 is 35.7 Å². The average Bonchev–Trinajstić information content (AvgIpc) is 1.38. The Morgan fingerprint density at radius 2 is 2.00 bits per heavy atom. The van der Waals surface area contributed by atoms with Gasteiger partial charge in [-0.25, -0.2) is 4.79 Å². The zero-order valence-electron chi connectivity index (χ0n) is 3.76. The van der Waals surface area contributed by atoms with Gasteiger partial charge in [-0.1, -0.05) is 0 Å². The van der Waals surface area contributed by atoms with Crippen LogP contribution in [0.2, 0.25) is 0 Å². The summed E-state index contributed by atoms with van der Waals surface area (Å²) in [5.41, 5.74) is 0. The molecule has 6 heavy (non-hydrogen) atoms. The molecule has 0 fully saturated rings. The van der Waals surface area contributed by atoms with E-state index in [2.05, 4.69) is 4.74 Å². The molecule has 0 unspecified atom stereocenters. The van der Waals surface area contributed by atoms with Crippen molar-refractivity contribution in [2.24, 2.45) is 0 Å². The number of carboxylic acid groups (broad SMARTS) is 1. The van der Waals surface area contributed by atoms with E-state index in [-0.39, 0.29) is 29.6 Å². The second-order valence-electron chi connectivity index (χ2n) is 0.470. The zero-order valence-corrected chi connectivity index (χ0v) is 5.76. The first kappa shape index (κ1) is 9.55. The topological polar surface area (TPSA) is 46.5 Å². The summed E-state index contributed by atoms with van der Waals surface area (Å²) in [5.74, 6) is 0. The number of methoxy groups -OCH3 is 1. The summed E-state index contributed by atoms with van der Waals surface area (Å²) in [6.45, 7) is 0. The average molecular weight is 99.0 g/mol. The Balaban J connectivity index is 0. The fourth-order valence-corrected chi connectivity index (χ4v) is 0. The molecule has 0 aromatic carbocycles. The Morgan fingerprint density at radius 1 is 1.83 bits per heavy atom. The molecule has 0 aromatic rings. The molecule has 0 spiro atoms. The van der Waals surface area contributed by atoms with Gasteiger partial charge in [-0.15, -0.1) is 0 Å². The standard InChI is InChI=1S/C2H4O3.Na/c1-5-2(3)4;/h1H3,(H,3,4);. The quantitative estimate of drug-likeness (QED) is 0.341. The van der Waals surface area contributed by atoms with E-state index >= 15 is 0 Å². The maximum atomic E-state index is 9.15. The molecule has 1 radical (unpaired) electrons. The summed E-state index contributed by atoms with van der Waals surface area (Å²) in [6, 6.07) is 0. The van der Waals surface area contributed by atoms with Gasteiger partial charge in [0.15, 0.2) is 0 Å². The van der Waals surface area contributed by atoms with Crippen LogP contribution in [0, 0.1) is 0 Å². The summed E-state index contributed by atoms with van der Waals surface area (Å²) < 4.78 is 3.67. The van der Waals surface area contributed by atoms with Crippen molar-refractivity contribution in [2.45, 2.75) is 0 Å². The van der Waals surface area contributed by atoms with Crippen molar-refractivity contribution in [1.82, 2.24) is 0 Å². The van der Waals surface area contributed by atoms with Gasteiger partial charge in [0, 0.05) is 29.6 Å². The molecule has 0 aliphatic heterocycles. The number of hydrogen-bond donors (Lipinski definition) is 1. The first-order chi connectivity index (χ1) is 2.27. The third-order valence-electron chi connectivity index (χ3n) is 0.175. The van der Waals surface area contributed by atoms with Crippen molar-refractivity contribution < 1.29 is 14.6 Å². The molecule has 0 bridgehead atoms. The van der Waals surface area contributed by atoms with Crippen LogP contribution in [-0.2, 0) is 4.74 Å². The SMILES string of the molecule is COC(=O)O.[Na]. The van der Waals surface area contributed by atoms with Crippen LogP contribution in [-0.4, -0.2) is 47.9 Å². The Morgan fingerprint density at radius 3 is 2.00 bits per heavy atom. The van der Waals surface area contributed by atoms with Gasteiger partial charge in [-0.05, 0) is 0 Å². The maximum Gasteiger partial charge on any atom is 0.505 e. The van der Waals surface area contributed by atoms with Crippen LogP contribution in [0.3, 0.4) is 0 Å². The normalized spacial score (nSPS) is 5.50. The minimum Gasteiger partial charge on any atom is -0.450 e. The van der Waals surface area contributed by atoms with E-state index in [1.165, 1.54) is 0 Å². The molecule has 0 rings (SSSR count). The molecule has 0 heterocycles. The van der Waals surface area contributed by atoms with Crippen molar-refractivity contribution in [3.05, 3.63) is 0 Å². The van der Waals surface area contributed by atoms with Gasteiger partial charge in [0.05, 0.1) is 7.11 Å². The second kappa shape index (κ2) is 5.27. The Hall–Kier alpha value is 0.270. The summed E-state index contributed by atoms with van der Waals surface area (Å²) in [6.07, 6.45) is -1.25. The molecule has 31 valence electrons. The minimum atomic E-state index is -1.25. The van der Waals surface area contributed by atoms with E-state index in [9.17, 15) is 0 Å². The molecule has 3 nitrogen and oxygen atoms in total. The summed E-state index contributed by atoms with van der Waals surface area (Å²) in [7, 11) is 1.10. The fourth-order valence-electron chi connectivity index (χ4n) is 0. The first-order valence-electron chi connectivity index (χ1n) is 1.04. The maximum absolute atomic E-state index is 9.15. The molecule has 0 saturated heterocycles. The van der Waals surface area contributed by atoms with Crippen LogP contribution < -0.4 is 0 Å². The largest absolute Gasteiger partial charge is 0.505 e. The Bertz CT molecular complexity index is 44.1. The van der Waals surface area contributed by atoms with Crippen molar-refractivity contribution in [1.29, 1.82) is 0 Å². The van der Waals surface area contributed by atoms with Crippen LogP contribution >= 0.6 is 0 Å². The van der Waals surface area contributed by atoms with Gasteiger partial charge in [-0.3, -0.25) is 0 Å². The number of rotatable bonds is 0. The van der Waals surface area contributed by atoms with E-state index in [4.69, 9.17) is 9.90 Å². The van der Waals surface area contributed by atoms with Gasteiger partial charge in [0.25, 0.3) is 0 Å². The molecule has 4 heteroatoms. The molecule has 1 N–H and O–H groups in total. The molecular weight excluding hydrogens is 95.0 g/mol. The van der Waals surface area contributed by atoms with Gasteiger partial charge in [0.1, 0.15) is 0 Å². The molecule has 0 aromatic heterocycles. The Labute approximate surface area is 57.6 Å². The van der Waals surface area contributed by atoms with Crippen molar-refractivity contribution in [2.75, 3.05) is 7.11 Å². The minimum absolute atomic E-state index is 0. The molecule has 0 atom stereocenters. The van der Waals surface area contributed by atoms with E-state index < -0.39 is 6.16 Å². The van der Waals surface area contributed by atoms with Gasteiger partial charge < -0.3 is 9.84 Å². The predicted octanol–water partition coefficient (Wildman–Crippen LogP) is -0.0700. The van der Waals surface area contributed by atoms with Crippen LogP contribution in [0.25, 0.3) is 0 Å². The van der Waals surface area contributed by atoms with Gasteiger partial charge in [-0.2, -0.15) is 0 Å². The third-order valence-corrected chi connectivity index (χ3v) is 0.175. The third kappa shape index (κ3) is 8.86. The predicted molar refractivity (Wildman–Crippen MR) is 20.8 cm³/mol. The fraction of sp³-hybridized carbons (Fsp3) is 0.500. The summed E-state index contributed by atoms with van der Waals surface area (Å²) >= 11 is 0. The number of hydrogen-bond acceptors (Lipinski definition) is 2. The summed E-state index contributed by atoms with van der Waals surface area (Å²) in [5, 5.41) is 7.50. The van der Waals surface area contributed by atoms with Crippen molar-refractivity contribution in [3.8, 4) is 0 Å².